The molecule has 0 amide bonds. The van der Waals surface area contributed by atoms with E-state index in [9.17, 15) is 4.79 Å². The second kappa shape index (κ2) is 4.86. The number of esters is 1. The molecule has 0 fully saturated rings. The van der Waals surface area contributed by atoms with Crippen LogP contribution in [0.5, 0.6) is 0 Å². The quantitative estimate of drug-likeness (QED) is 0.590. The van der Waals surface area contributed by atoms with Crippen molar-refractivity contribution < 1.29 is 9.53 Å². The fourth-order valence-corrected chi connectivity index (χ4v) is 1.87. The molecule has 0 aliphatic heterocycles. The molecule has 1 unspecified atom stereocenters. The number of hydrogen-bond donors (Lipinski definition) is 1. The van der Waals surface area contributed by atoms with Gasteiger partial charge in [0, 0.05) is 11.1 Å². The fourth-order valence-electron chi connectivity index (χ4n) is 1.87. The second-order valence-corrected chi connectivity index (χ2v) is 5.62. The Balaban J connectivity index is 2.97. The number of carbonyl (C=O) groups excluding carboxylic acids is 1. The summed E-state index contributed by atoms with van der Waals surface area (Å²) < 4.78 is 4.71. The molecule has 0 aromatic rings. The molecule has 3 heteroatoms. The van der Waals surface area contributed by atoms with Crippen LogP contribution in [0.25, 0.3) is 0 Å². The van der Waals surface area contributed by atoms with Gasteiger partial charge in [0.1, 0.15) is 0 Å². The van der Waals surface area contributed by atoms with Crippen molar-refractivity contribution in [3.05, 3.63) is 24.3 Å². The van der Waals surface area contributed by atoms with Gasteiger partial charge in [-0.3, -0.25) is 4.79 Å². The number of nitrogens with one attached hydrogen (secondary N) is 1. The molecule has 0 aromatic heterocycles. The molecule has 0 heterocycles. The van der Waals surface area contributed by atoms with Gasteiger partial charge in [-0.2, -0.15) is 0 Å². The summed E-state index contributed by atoms with van der Waals surface area (Å²) in [5, 5.41) is 7.85. The number of methoxy groups -OCH3 is 1. The van der Waals surface area contributed by atoms with Gasteiger partial charge in [-0.05, 0) is 17.9 Å². The molecule has 0 radical (unpaired) electrons. The summed E-state index contributed by atoms with van der Waals surface area (Å²) in [4.78, 5) is 11.4. The minimum atomic E-state index is -0.364. The van der Waals surface area contributed by atoms with E-state index < -0.39 is 0 Å². The lowest BCUT2D eigenvalue weighted by Gasteiger charge is -2.27. The minimum Gasteiger partial charge on any atom is -0.469 e. The standard InChI is InChI=1S/C14H21NO2/c1-13(2)7-8-14(3,10-12(16)17-4)6-5-11(15)9-13/h5-8,15H,9-10H2,1-4H3/b6-5-,8-7?,15-11?. The number of ether oxygens (including phenoxy) is 1. The topological polar surface area (TPSA) is 50.2 Å². The fraction of sp³-hybridized carbons (Fsp3) is 0.571. The maximum atomic E-state index is 11.4. The first-order chi connectivity index (χ1) is 7.76. The van der Waals surface area contributed by atoms with Crippen LogP contribution in [0.2, 0.25) is 0 Å². The van der Waals surface area contributed by atoms with Crippen LogP contribution in [0, 0.1) is 16.2 Å². The summed E-state index contributed by atoms with van der Waals surface area (Å²) in [5.74, 6) is -0.230. The van der Waals surface area contributed by atoms with Crippen LogP contribution in [-0.4, -0.2) is 18.8 Å². The first-order valence-electron chi connectivity index (χ1n) is 5.80. The SMILES string of the molecule is COC(=O)CC1(C)C=CC(C)(C)CC(=N)/C=C\1. The summed E-state index contributed by atoms with van der Waals surface area (Å²) in [6, 6.07) is 0. The molecular formula is C14H21NO2. The van der Waals surface area contributed by atoms with Crippen molar-refractivity contribution >= 4 is 11.7 Å². The monoisotopic (exact) mass is 235 g/mol. The Morgan fingerprint density at radius 1 is 1.35 bits per heavy atom. The van der Waals surface area contributed by atoms with Crippen molar-refractivity contribution in [3.8, 4) is 0 Å². The van der Waals surface area contributed by atoms with Crippen LogP contribution >= 0.6 is 0 Å². The van der Waals surface area contributed by atoms with Gasteiger partial charge in [-0.25, -0.2) is 0 Å². The lowest BCUT2D eigenvalue weighted by molar-refractivity contribution is -0.141. The van der Waals surface area contributed by atoms with Gasteiger partial charge in [-0.15, -0.1) is 0 Å². The van der Waals surface area contributed by atoms with Crippen LogP contribution in [0.1, 0.15) is 33.6 Å². The Kier molecular flexibility index (Phi) is 3.91. The van der Waals surface area contributed by atoms with Crippen LogP contribution in [0.15, 0.2) is 24.3 Å². The molecule has 0 spiro atoms. The average molecular weight is 235 g/mol. The van der Waals surface area contributed by atoms with E-state index in [-0.39, 0.29) is 16.8 Å². The zero-order valence-corrected chi connectivity index (χ0v) is 11.0. The van der Waals surface area contributed by atoms with Crippen LogP contribution in [0.3, 0.4) is 0 Å². The van der Waals surface area contributed by atoms with Crippen molar-refractivity contribution in [2.24, 2.45) is 10.8 Å². The third-order valence-electron chi connectivity index (χ3n) is 2.98. The van der Waals surface area contributed by atoms with Crippen LogP contribution in [0.4, 0.5) is 0 Å². The van der Waals surface area contributed by atoms with E-state index >= 15 is 0 Å². The lowest BCUT2D eigenvalue weighted by Crippen LogP contribution is -2.22. The Morgan fingerprint density at radius 3 is 2.59 bits per heavy atom. The predicted molar refractivity (Wildman–Crippen MR) is 69.1 cm³/mol. The van der Waals surface area contributed by atoms with Gasteiger partial charge >= 0.3 is 5.97 Å². The molecule has 1 N–H and O–H groups in total. The van der Waals surface area contributed by atoms with Crippen molar-refractivity contribution in [2.45, 2.75) is 33.6 Å². The molecule has 1 rings (SSSR count). The molecular weight excluding hydrogens is 214 g/mol. The number of hydrogen-bond acceptors (Lipinski definition) is 3. The first kappa shape index (κ1) is 13.7. The summed E-state index contributed by atoms with van der Waals surface area (Å²) in [6.07, 6.45) is 8.88. The van der Waals surface area contributed by atoms with Gasteiger partial charge in [-0.1, -0.05) is 39.0 Å². The molecule has 1 aliphatic rings. The number of carbonyl (C=O) groups is 1. The Bertz CT molecular complexity index is 380. The summed E-state index contributed by atoms with van der Waals surface area (Å²) >= 11 is 0. The van der Waals surface area contributed by atoms with E-state index in [1.165, 1.54) is 7.11 Å². The van der Waals surface area contributed by atoms with Crippen LogP contribution < -0.4 is 0 Å². The Hall–Kier alpha value is -1.38. The van der Waals surface area contributed by atoms with Gasteiger partial charge in [0.15, 0.2) is 0 Å². The molecule has 1 aliphatic carbocycles. The van der Waals surface area contributed by atoms with Gasteiger partial charge in [0.2, 0.25) is 0 Å². The molecule has 94 valence electrons. The maximum Gasteiger partial charge on any atom is 0.306 e. The highest BCUT2D eigenvalue weighted by Crippen LogP contribution is 2.33. The van der Waals surface area contributed by atoms with Crippen molar-refractivity contribution in [3.63, 3.8) is 0 Å². The van der Waals surface area contributed by atoms with E-state index in [2.05, 4.69) is 19.9 Å². The first-order valence-corrected chi connectivity index (χ1v) is 5.80. The number of allylic oxidation sites excluding steroid dienone is 4. The van der Waals surface area contributed by atoms with Gasteiger partial charge in [0.25, 0.3) is 0 Å². The van der Waals surface area contributed by atoms with E-state index in [4.69, 9.17) is 10.1 Å². The molecule has 17 heavy (non-hydrogen) atoms. The molecule has 3 nitrogen and oxygen atoms in total. The van der Waals surface area contributed by atoms with E-state index in [0.29, 0.717) is 18.6 Å². The van der Waals surface area contributed by atoms with Gasteiger partial charge in [0.05, 0.1) is 13.5 Å². The van der Waals surface area contributed by atoms with Gasteiger partial charge < -0.3 is 10.1 Å². The highest BCUT2D eigenvalue weighted by atomic mass is 16.5. The zero-order valence-electron chi connectivity index (χ0n) is 11.0. The smallest absolute Gasteiger partial charge is 0.306 e. The average Bonchev–Trinajstić information content (AvgIpc) is 2.22. The number of rotatable bonds is 2. The molecule has 0 bridgehead atoms. The predicted octanol–water partition coefficient (Wildman–Crippen LogP) is 3.12. The van der Waals surface area contributed by atoms with Crippen molar-refractivity contribution in [2.75, 3.05) is 7.11 Å². The lowest BCUT2D eigenvalue weighted by atomic mass is 9.77. The molecule has 0 saturated carbocycles. The zero-order chi connectivity index (χ0) is 13.1. The maximum absolute atomic E-state index is 11.4. The van der Waals surface area contributed by atoms with Crippen LogP contribution in [-0.2, 0) is 9.53 Å². The highest BCUT2D eigenvalue weighted by molar-refractivity contribution is 5.93. The third-order valence-corrected chi connectivity index (χ3v) is 2.98. The Labute approximate surface area is 103 Å². The third kappa shape index (κ3) is 4.17. The highest BCUT2D eigenvalue weighted by Gasteiger charge is 2.26. The molecule has 0 saturated heterocycles. The largest absolute Gasteiger partial charge is 0.469 e. The van der Waals surface area contributed by atoms with Crippen molar-refractivity contribution in [1.82, 2.24) is 0 Å². The summed E-state index contributed by atoms with van der Waals surface area (Å²) in [7, 11) is 1.40. The molecule has 0 aromatic carbocycles. The normalized spacial score (nSPS) is 29.3. The summed E-state index contributed by atoms with van der Waals surface area (Å²) in [5.41, 5.74) is 0.187. The minimum absolute atomic E-state index is 0.0424. The summed E-state index contributed by atoms with van der Waals surface area (Å²) in [6.45, 7) is 6.16. The van der Waals surface area contributed by atoms with Crippen molar-refractivity contribution in [1.29, 1.82) is 5.41 Å². The van der Waals surface area contributed by atoms with E-state index in [1.807, 2.05) is 19.1 Å². The van der Waals surface area contributed by atoms with E-state index in [0.717, 1.165) is 0 Å². The Morgan fingerprint density at radius 2 is 2.00 bits per heavy atom. The van der Waals surface area contributed by atoms with E-state index in [1.54, 1.807) is 6.08 Å². The molecule has 1 atom stereocenters. The second-order valence-electron chi connectivity index (χ2n) is 5.62.